The van der Waals surface area contributed by atoms with E-state index in [4.69, 9.17) is 4.74 Å². The average molecular weight is 280 g/mol. The summed E-state index contributed by atoms with van der Waals surface area (Å²) in [5.41, 5.74) is 1.96. The highest BCUT2D eigenvalue weighted by Gasteiger charge is 2.13. The molecule has 0 bridgehead atoms. The molecule has 0 radical (unpaired) electrons. The van der Waals surface area contributed by atoms with Crippen LogP contribution in [0.4, 0.5) is 0 Å². The van der Waals surface area contributed by atoms with Crippen LogP contribution in [0.25, 0.3) is 16.5 Å². The maximum absolute atomic E-state index is 11.1. The van der Waals surface area contributed by atoms with Crippen LogP contribution in [-0.2, 0) is 4.79 Å². The standard InChI is InChI=1S/C17H16N2O2/c1-12-10-18-17(21-11-13(2)20)19(12)16-9-5-7-14-6-3-4-8-15(14)16/h3-10H,11H2,1-2H3. The molecule has 4 nitrogen and oxygen atoms in total. The quantitative estimate of drug-likeness (QED) is 0.736. The Balaban J connectivity index is 2.14. The van der Waals surface area contributed by atoms with E-state index in [9.17, 15) is 4.79 Å². The van der Waals surface area contributed by atoms with Crippen molar-refractivity contribution in [3.8, 4) is 11.7 Å². The number of imidazole rings is 1. The van der Waals surface area contributed by atoms with Gasteiger partial charge < -0.3 is 4.74 Å². The summed E-state index contributed by atoms with van der Waals surface area (Å²) in [6.07, 6.45) is 1.75. The number of rotatable bonds is 4. The minimum absolute atomic E-state index is 0.0277. The first kappa shape index (κ1) is 13.4. The first-order valence-corrected chi connectivity index (χ1v) is 6.81. The second-order valence-corrected chi connectivity index (χ2v) is 5.01. The van der Waals surface area contributed by atoms with E-state index in [1.54, 1.807) is 6.20 Å². The van der Waals surface area contributed by atoms with Crippen molar-refractivity contribution in [1.82, 2.24) is 9.55 Å². The molecular weight excluding hydrogens is 264 g/mol. The van der Waals surface area contributed by atoms with Crippen LogP contribution < -0.4 is 4.74 Å². The third kappa shape index (κ3) is 2.52. The highest BCUT2D eigenvalue weighted by Crippen LogP contribution is 2.27. The molecule has 21 heavy (non-hydrogen) atoms. The molecular formula is C17H16N2O2. The maximum Gasteiger partial charge on any atom is 0.301 e. The van der Waals surface area contributed by atoms with E-state index >= 15 is 0 Å². The van der Waals surface area contributed by atoms with Gasteiger partial charge in [0, 0.05) is 11.1 Å². The number of benzene rings is 2. The molecule has 2 aromatic carbocycles. The maximum atomic E-state index is 11.1. The molecule has 0 saturated carbocycles. The number of nitrogens with zero attached hydrogens (tertiary/aromatic N) is 2. The number of carbonyl (C=O) groups excluding carboxylic acids is 1. The van der Waals surface area contributed by atoms with Gasteiger partial charge in [-0.15, -0.1) is 0 Å². The summed E-state index contributed by atoms with van der Waals surface area (Å²) in [5, 5.41) is 2.27. The monoisotopic (exact) mass is 280 g/mol. The van der Waals surface area contributed by atoms with Gasteiger partial charge in [-0.25, -0.2) is 4.98 Å². The minimum Gasteiger partial charge on any atom is -0.456 e. The summed E-state index contributed by atoms with van der Waals surface area (Å²) in [5.74, 6) is -0.0277. The molecule has 0 spiro atoms. The Bertz CT molecular complexity index is 800. The largest absolute Gasteiger partial charge is 0.456 e. The topological polar surface area (TPSA) is 44.1 Å². The van der Waals surface area contributed by atoms with Crippen molar-refractivity contribution in [3.05, 3.63) is 54.4 Å². The Hall–Kier alpha value is -2.62. The number of ketones is 1. The van der Waals surface area contributed by atoms with Crippen molar-refractivity contribution in [2.45, 2.75) is 13.8 Å². The Labute approximate surface area is 123 Å². The van der Waals surface area contributed by atoms with Crippen molar-refractivity contribution in [1.29, 1.82) is 0 Å². The molecule has 0 fully saturated rings. The summed E-state index contributed by atoms with van der Waals surface area (Å²) < 4.78 is 7.46. The summed E-state index contributed by atoms with van der Waals surface area (Å²) in [7, 11) is 0. The molecule has 0 unspecified atom stereocenters. The van der Waals surface area contributed by atoms with Crippen molar-refractivity contribution in [2.24, 2.45) is 0 Å². The van der Waals surface area contributed by atoms with Gasteiger partial charge >= 0.3 is 6.01 Å². The zero-order chi connectivity index (χ0) is 14.8. The van der Waals surface area contributed by atoms with Crippen molar-refractivity contribution in [2.75, 3.05) is 6.61 Å². The zero-order valence-corrected chi connectivity index (χ0v) is 12.0. The van der Waals surface area contributed by atoms with Crippen LogP contribution in [0.5, 0.6) is 6.01 Å². The van der Waals surface area contributed by atoms with E-state index < -0.39 is 0 Å². The molecule has 0 aliphatic carbocycles. The molecule has 0 saturated heterocycles. The summed E-state index contributed by atoms with van der Waals surface area (Å²) in [6, 6.07) is 14.7. The molecule has 0 N–H and O–H groups in total. The zero-order valence-electron chi connectivity index (χ0n) is 12.0. The number of Topliss-reactive ketones (excluding diaryl/α,β-unsaturated/α-hetero) is 1. The molecule has 0 amide bonds. The number of fused-ring (bicyclic) bond motifs is 1. The van der Waals surface area contributed by atoms with E-state index in [1.807, 2.05) is 35.8 Å². The Morgan fingerprint density at radius 2 is 1.95 bits per heavy atom. The molecule has 3 rings (SSSR count). The van der Waals surface area contributed by atoms with Gasteiger partial charge in [0.15, 0.2) is 5.78 Å². The summed E-state index contributed by atoms with van der Waals surface area (Å²) >= 11 is 0. The fourth-order valence-corrected chi connectivity index (χ4v) is 2.38. The van der Waals surface area contributed by atoms with Crippen molar-refractivity contribution in [3.63, 3.8) is 0 Å². The SMILES string of the molecule is CC(=O)COc1ncc(C)n1-c1cccc2ccccc12. The number of aryl methyl sites for hydroxylation is 1. The van der Waals surface area contributed by atoms with Crippen molar-refractivity contribution >= 4 is 16.6 Å². The number of aromatic nitrogens is 2. The van der Waals surface area contributed by atoms with Gasteiger partial charge in [0.25, 0.3) is 0 Å². The molecule has 0 aliphatic heterocycles. The lowest BCUT2D eigenvalue weighted by Gasteiger charge is -2.12. The second kappa shape index (κ2) is 5.40. The lowest BCUT2D eigenvalue weighted by atomic mass is 10.1. The lowest BCUT2D eigenvalue weighted by molar-refractivity contribution is -0.119. The third-order valence-electron chi connectivity index (χ3n) is 3.32. The molecule has 106 valence electrons. The fraction of sp³-hybridized carbons (Fsp3) is 0.176. The van der Waals surface area contributed by atoms with Gasteiger partial charge in [0.2, 0.25) is 0 Å². The number of ether oxygens (including phenoxy) is 1. The van der Waals surface area contributed by atoms with Crippen LogP contribution in [0, 0.1) is 6.92 Å². The summed E-state index contributed by atoms with van der Waals surface area (Å²) in [6.45, 7) is 3.49. The minimum atomic E-state index is -0.0277. The van der Waals surface area contributed by atoms with E-state index in [0.717, 1.165) is 22.2 Å². The normalized spacial score (nSPS) is 10.8. The van der Waals surface area contributed by atoms with Gasteiger partial charge in [-0.1, -0.05) is 36.4 Å². The Kier molecular flexibility index (Phi) is 3.44. The highest BCUT2D eigenvalue weighted by molar-refractivity contribution is 5.90. The van der Waals surface area contributed by atoms with Crippen LogP contribution >= 0.6 is 0 Å². The smallest absolute Gasteiger partial charge is 0.301 e. The lowest BCUT2D eigenvalue weighted by Crippen LogP contribution is -2.11. The van der Waals surface area contributed by atoms with Gasteiger partial charge in [0.05, 0.1) is 11.9 Å². The van der Waals surface area contributed by atoms with Crippen LogP contribution in [0.1, 0.15) is 12.6 Å². The predicted octanol–water partition coefficient (Wildman–Crippen LogP) is 3.30. The van der Waals surface area contributed by atoms with E-state index in [1.165, 1.54) is 6.92 Å². The molecule has 0 atom stereocenters. The summed E-state index contributed by atoms with van der Waals surface area (Å²) in [4.78, 5) is 15.4. The van der Waals surface area contributed by atoms with Crippen molar-refractivity contribution < 1.29 is 9.53 Å². The van der Waals surface area contributed by atoms with Gasteiger partial charge in [-0.05, 0) is 25.3 Å². The second-order valence-electron chi connectivity index (χ2n) is 5.01. The van der Waals surface area contributed by atoms with Gasteiger partial charge in [0.1, 0.15) is 6.61 Å². The first-order chi connectivity index (χ1) is 10.2. The van der Waals surface area contributed by atoms with Crippen LogP contribution in [-0.4, -0.2) is 21.9 Å². The predicted molar refractivity (Wildman–Crippen MR) is 82.0 cm³/mol. The fourth-order valence-electron chi connectivity index (χ4n) is 2.38. The Morgan fingerprint density at radius 1 is 1.19 bits per heavy atom. The number of hydrogen-bond donors (Lipinski definition) is 0. The number of carbonyl (C=O) groups is 1. The van der Waals surface area contributed by atoms with Gasteiger partial charge in [-0.3, -0.25) is 9.36 Å². The number of hydrogen-bond acceptors (Lipinski definition) is 3. The third-order valence-corrected chi connectivity index (χ3v) is 3.32. The first-order valence-electron chi connectivity index (χ1n) is 6.81. The molecule has 3 aromatic rings. The van der Waals surface area contributed by atoms with E-state index in [0.29, 0.717) is 6.01 Å². The Morgan fingerprint density at radius 3 is 2.76 bits per heavy atom. The average Bonchev–Trinajstić information content (AvgIpc) is 2.85. The molecule has 4 heteroatoms. The highest BCUT2D eigenvalue weighted by atomic mass is 16.5. The van der Waals surface area contributed by atoms with E-state index in [2.05, 4.69) is 23.2 Å². The molecule has 0 aliphatic rings. The van der Waals surface area contributed by atoms with Crippen LogP contribution in [0.15, 0.2) is 48.7 Å². The van der Waals surface area contributed by atoms with Gasteiger partial charge in [-0.2, -0.15) is 0 Å². The molecule has 1 heterocycles. The van der Waals surface area contributed by atoms with Crippen LogP contribution in [0.3, 0.4) is 0 Å². The van der Waals surface area contributed by atoms with Crippen LogP contribution in [0.2, 0.25) is 0 Å². The van der Waals surface area contributed by atoms with E-state index in [-0.39, 0.29) is 12.4 Å². The molecule has 1 aromatic heterocycles.